The van der Waals surface area contributed by atoms with Crippen LogP contribution in [0.1, 0.15) is 57.6 Å². The summed E-state index contributed by atoms with van der Waals surface area (Å²) in [4.78, 5) is 19.7. The first kappa shape index (κ1) is 23.8. The topological polar surface area (TPSA) is 70.9 Å². The van der Waals surface area contributed by atoms with E-state index >= 15 is 0 Å². The van der Waals surface area contributed by atoms with Crippen LogP contribution in [-0.4, -0.2) is 66.9 Å². The first-order valence-corrected chi connectivity index (χ1v) is 12.2. The van der Waals surface area contributed by atoms with Gasteiger partial charge in [-0.05, 0) is 45.6 Å². The van der Waals surface area contributed by atoms with Crippen LogP contribution in [-0.2, 0) is 11.3 Å². The summed E-state index contributed by atoms with van der Waals surface area (Å²) in [7, 11) is 0. The smallest absolute Gasteiger partial charge is 0.250 e. The quantitative estimate of drug-likeness (QED) is 0.357. The van der Waals surface area contributed by atoms with Gasteiger partial charge in [-0.15, -0.1) is 0 Å². The molecule has 3 rings (SSSR count). The van der Waals surface area contributed by atoms with Crippen molar-refractivity contribution in [3.05, 3.63) is 34.2 Å². The summed E-state index contributed by atoms with van der Waals surface area (Å²) < 4.78 is 7.45. The van der Waals surface area contributed by atoms with Gasteiger partial charge in [0.15, 0.2) is 5.96 Å². The monoisotopic (exact) mass is 431 g/mol. The Morgan fingerprint density at radius 3 is 2.61 bits per heavy atom. The molecule has 1 aliphatic heterocycles. The lowest BCUT2D eigenvalue weighted by Gasteiger charge is -2.47. The molecule has 1 saturated heterocycles. The van der Waals surface area contributed by atoms with Crippen LogP contribution in [0.15, 0.2) is 28.0 Å². The zero-order valence-corrected chi connectivity index (χ0v) is 19.5. The van der Waals surface area contributed by atoms with E-state index in [1.54, 1.807) is 6.07 Å². The fraction of sp³-hybridized carbons (Fsp3) is 0.750. The number of aryl methyl sites for hydroxylation is 1. The Morgan fingerprint density at radius 2 is 1.90 bits per heavy atom. The molecule has 31 heavy (non-hydrogen) atoms. The van der Waals surface area contributed by atoms with Gasteiger partial charge in [0.05, 0.1) is 19.8 Å². The summed E-state index contributed by atoms with van der Waals surface area (Å²) in [5.74, 6) is 0.911. The zero-order valence-electron chi connectivity index (χ0n) is 19.5. The highest BCUT2D eigenvalue weighted by Crippen LogP contribution is 2.34. The van der Waals surface area contributed by atoms with Crippen LogP contribution < -0.4 is 16.2 Å². The first-order chi connectivity index (χ1) is 15.1. The molecule has 2 heterocycles. The van der Waals surface area contributed by atoms with E-state index in [0.29, 0.717) is 0 Å². The maximum atomic E-state index is 12.0. The molecule has 1 aliphatic carbocycles. The van der Waals surface area contributed by atoms with Crippen LogP contribution >= 0.6 is 0 Å². The molecule has 1 aromatic rings. The number of nitrogens with zero attached hydrogens (tertiary/aromatic N) is 3. The number of hydrogen-bond donors (Lipinski definition) is 2. The van der Waals surface area contributed by atoms with Gasteiger partial charge in [0.1, 0.15) is 0 Å². The number of aliphatic imine (C=N–C) groups is 1. The second kappa shape index (κ2) is 12.2. The van der Waals surface area contributed by atoms with Crippen molar-refractivity contribution in [2.24, 2.45) is 4.99 Å². The number of pyridine rings is 1. The van der Waals surface area contributed by atoms with Gasteiger partial charge < -0.3 is 19.9 Å². The highest BCUT2D eigenvalue weighted by molar-refractivity contribution is 5.79. The number of unbranched alkanes of at least 4 members (excludes halogenated alkanes) is 1. The fourth-order valence-electron chi connectivity index (χ4n) is 4.90. The van der Waals surface area contributed by atoms with Gasteiger partial charge in [0, 0.05) is 50.0 Å². The first-order valence-electron chi connectivity index (χ1n) is 12.2. The van der Waals surface area contributed by atoms with E-state index in [4.69, 9.17) is 9.73 Å². The molecular formula is C24H41N5O2. The predicted molar refractivity (Wildman–Crippen MR) is 127 cm³/mol. The van der Waals surface area contributed by atoms with Crippen molar-refractivity contribution in [1.82, 2.24) is 20.1 Å². The van der Waals surface area contributed by atoms with Gasteiger partial charge in [0.25, 0.3) is 5.56 Å². The van der Waals surface area contributed by atoms with E-state index in [0.717, 1.165) is 77.0 Å². The summed E-state index contributed by atoms with van der Waals surface area (Å²) in [6, 6.07) is 5.45. The van der Waals surface area contributed by atoms with Crippen molar-refractivity contribution in [3.63, 3.8) is 0 Å². The van der Waals surface area contributed by atoms with E-state index in [1.165, 1.54) is 32.1 Å². The van der Waals surface area contributed by atoms with Crippen LogP contribution in [0.3, 0.4) is 0 Å². The minimum absolute atomic E-state index is 0.0868. The average molecular weight is 432 g/mol. The van der Waals surface area contributed by atoms with Crippen LogP contribution in [0.5, 0.6) is 0 Å². The third-order valence-corrected chi connectivity index (χ3v) is 6.71. The zero-order chi connectivity index (χ0) is 21.9. The molecule has 7 heteroatoms. The van der Waals surface area contributed by atoms with Gasteiger partial charge >= 0.3 is 0 Å². The maximum absolute atomic E-state index is 12.0. The molecule has 0 spiro atoms. The van der Waals surface area contributed by atoms with E-state index in [1.807, 2.05) is 23.6 Å². The van der Waals surface area contributed by atoms with Crippen molar-refractivity contribution in [3.8, 4) is 0 Å². The van der Waals surface area contributed by atoms with Crippen molar-refractivity contribution in [1.29, 1.82) is 0 Å². The van der Waals surface area contributed by atoms with Crippen LogP contribution in [0, 0.1) is 6.92 Å². The Morgan fingerprint density at radius 1 is 1.13 bits per heavy atom. The molecule has 1 aromatic heterocycles. The summed E-state index contributed by atoms with van der Waals surface area (Å²) >= 11 is 0. The van der Waals surface area contributed by atoms with Crippen LogP contribution in [0.4, 0.5) is 0 Å². The molecular weight excluding hydrogens is 390 g/mol. The van der Waals surface area contributed by atoms with Gasteiger partial charge in [-0.1, -0.05) is 25.3 Å². The van der Waals surface area contributed by atoms with E-state index in [-0.39, 0.29) is 11.1 Å². The van der Waals surface area contributed by atoms with Crippen LogP contribution in [0.25, 0.3) is 0 Å². The molecule has 0 amide bonds. The molecule has 2 aliphatic rings. The molecule has 2 N–H and O–H groups in total. The number of aromatic nitrogens is 1. The molecule has 0 radical (unpaired) electrons. The lowest BCUT2D eigenvalue weighted by molar-refractivity contribution is -0.0333. The van der Waals surface area contributed by atoms with Gasteiger partial charge in [-0.2, -0.15) is 0 Å². The number of ether oxygens (including phenoxy) is 1. The Kier molecular flexibility index (Phi) is 9.40. The number of hydrogen-bond acceptors (Lipinski definition) is 4. The largest absolute Gasteiger partial charge is 0.379 e. The van der Waals surface area contributed by atoms with Gasteiger partial charge in [0.2, 0.25) is 0 Å². The van der Waals surface area contributed by atoms with Crippen molar-refractivity contribution < 1.29 is 4.74 Å². The SMILES string of the molecule is CCNC(=NCC1(N2CCOCC2)CCCCC1)NCCCCn1c(C)cccc1=O. The molecule has 0 unspecified atom stereocenters. The summed E-state index contributed by atoms with van der Waals surface area (Å²) in [5, 5.41) is 6.91. The Balaban J connectivity index is 1.52. The van der Waals surface area contributed by atoms with Gasteiger partial charge in [-0.25, -0.2) is 0 Å². The number of nitrogens with one attached hydrogen (secondary N) is 2. The highest BCUT2D eigenvalue weighted by atomic mass is 16.5. The molecule has 0 bridgehead atoms. The minimum atomic E-state index is 0.0868. The minimum Gasteiger partial charge on any atom is -0.379 e. The normalized spacial score (nSPS) is 19.9. The van der Waals surface area contributed by atoms with E-state index in [9.17, 15) is 4.79 Å². The average Bonchev–Trinajstić information content (AvgIpc) is 2.80. The van der Waals surface area contributed by atoms with Crippen molar-refractivity contribution in [2.75, 3.05) is 45.9 Å². The summed E-state index contributed by atoms with van der Waals surface area (Å²) in [6.07, 6.45) is 8.39. The van der Waals surface area contributed by atoms with Crippen molar-refractivity contribution >= 4 is 5.96 Å². The fourth-order valence-corrected chi connectivity index (χ4v) is 4.90. The standard InChI is InChI=1S/C24H41N5O2/c1-3-25-23(26-14-7-8-15-29-21(2)10-9-11-22(29)30)27-20-24(12-5-4-6-13-24)28-16-18-31-19-17-28/h9-11H,3-8,12-20H2,1-2H3,(H2,25,26,27). The van der Waals surface area contributed by atoms with Gasteiger partial charge in [-0.3, -0.25) is 14.7 Å². The van der Waals surface area contributed by atoms with Crippen molar-refractivity contribution in [2.45, 2.75) is 70.9 Å². The number of guanidine groups is 1. The summed E-state index contributed by atoms with van der Waals surface area (Å²) in [6.45, 7) is 11.2. The lowest BCUT2D eigenvalue weighted by Crippen LogP contribution is -2.56. The molecule has 2 fully saturated rings. The molecule has 1 saturated carbocycles. The molecule has 0 atom stereocenters. The Labute approximate surface area is 187 Å². The van der Waals surface area contributed by atoms with Crippen LogP contribution in [0.2, 0.25) is 0 Å². The molecule has 174 valence electrons. The summed E-state index contributed by atoms with van der Waals surface area (Å²) in [5.41, 5.74) is 1.30. The molecule has 0 aromatic carbocycles. The molecule has 7 nitrogen and oxygen atoms in total. The Hall–Kier alpha value is -1.86. The number of rotatable bonds is 9. The Bertz CT molecular complexity index is 749. The van der Waals surface area contributed by atoms with E-state index in [2.05, 4.69) is 22.5 Å². The second-order valence-electron chi connectivity index (χ2n) is 8.87. The third kappa shape index (κ3) is 6.81. The predicted octanol–water partition coefficient (Wildman–Crippen LogP) is 2.53. The maximum Gasteiger partial charge on any atom is 0.250 e. The highest BCUT2D eigenvalue weighted by Gasteiger charge is 2.38. The number of morpholine rings is 1. The van der Waals surface area contributed by atoms with E-state index < -0.39 is 0 Å². The second-order valence-corrected chi connectivity index (χ2v) is 8.87. The lowest BCUT2D eigenvalue weighted by atomic mass is 9.80. The third-order valence-electron chi connectivity index (χ3n) is 6.71.